The molecule has 0 radical (unpaired) electrons. The Labute approximate surface area is 112 Å². The van der Waals surface area contributed by atoms with Gasteiger partial charge in [0.1, 0.15) is 11.5 Å². The van der Waals surface area contributed by atoms with Gasteiger partial charge in [-0.2, -0.15) is 0 Å². The van der Waals surface area contributed by atoms with E-state index in [0.717, 1.165) is 0 Å². The molecule has 0 saturated carbocycles. The molecular formula is C13H18N2O4. The number of nitrogens with zero attached hydrogens (tertiary/aromatic N) is 1. The van der Waals surface area contributed by atoms with Gasteiger partial charge in [-0.05, 0) is 25.1 Å². The first-order valence-electron chi connectivity index (χ1n) is 5.88. The molecule has 2 N–H and O–H groups in total. The molecule has 0 heterocycles. The molecule has 1 aromatic carbocycles. The molecule has 6 nitrogen and oxygen atoms in total. The number of phenols is 1. The van der Waals surface area contributed by atoms with Gasteiger partial charge in [0.25, 0.3) is 5.91 Å². The van der Waals surface area contributed by atoms with E-state index in [9.17, 15) is 14.7 Å². The maximum atomic E-state index is 11.9. The predicted octanol–water partition coefficient (Wildman–Crippen LogP) is 0.609. The minimum atomic E-state index is -0.519. The zero-order chi connectivity index (χ0) is 14.4. The second-order valence-electron chi connectivity index (χ2n) is 3.97. The maximum absolute atomic E-state index is 11.9. The van der Waals surface area contributed by atoms with Crippen molar-refractivity contribution >= 4 is 11.8 Å². The van der Waals surface area contributed by atoms with Gasteiger partial charge in [-0.15, -0.1) is 0 Å². The number of hydrogen-bond donors (Lipinski definition) is 2. The molecule has 0 aliphatic carbocycles. The van der Waals surface area contributed by atoms with E-state index in [4.69, 9.17) is 4.74 Å². The smallest absolute Gasteiger partial charge is 0.255 e. The van der Waals surface area contributed by atoms with Crippen LogP contribution < -0.4 is 10.1 Å². The van der Waals surface area contributed by atoms with Gasteiger partial charge in [-0.3, -0.25) is 9.59 Å². The zero-order valence-corrected chi connectivity index (χ0v) is 11.3. The number of likely N-dealkylation sites (N-methyl/N-ethyl adjacent to an activating group) is 1. The molecule has 2 amide bonds. The number of ether oxygens (including phenoxy) is 1. The lowest BCUT2D eigenvalue weighted by Gasteiger charge is -2.15. The normalized spacial score (nSPS) is 9.84. The average molecular weight is 266 g/mol. The molecule has 1 aromatic rings. The summed E-state index contributed by atoms with van der Waals surface area (Å²) in [6, 6.07) is 4.33. The number of hydrogen-bond acceptors (Lipinski definition) is 4. The van der Waals surface area contributed by atoms with E-state index in [2.05, 4.69) is 5.32 Å². The quantitative estimate of drug-likeness (QED) is 0.818. The van der Waals surface area contributed by atoms with Crippen LogP contribution in [0, 0.1) is 0 Å². The number of rotatable bonds is 5. The fourth-order valence-electron chi connectivity index (χ4n) is 1.39. The van der Waals surface area contributed by atoms with Crippen LogP contribution in [-0.2, 0) is 4.79 Å². The first kappa shape index (κ1) is 14.8. The topological polar surface area (TPSA) is 78.9 Å². The third kappa shape index (κ3) is 3.87. The van der Waals surface area contributed by atoms with Gasteiger partial charge >= 0.3 is 0 Å². The van der Waals surface area contributed by atoms with E-state index in [1.807, 2.05) is 6.92 Å². The molecular weight excluding hydrogens is 248 g/mol. The van der Waals surface area contributed by atoms with Crippen LogP contribution in [0.4, 0.5) is 0 Å². The van der Waals surface area contributed by atoms with Crippen molar-refractivity contribution in [3.63, 3.8) is 0 Å². The lowest BCUT2D eigenvalue weighted by molar-refractivity contribution is -0.128. The Kier molecular flexibility index (Phi) is 5.17. The van der Waals surface area contributed by atoms with Crippen LogP contribution in [0.15, 0.2) is 18.2 Å². The highest BCUT2D eigenvalue weighted by molar-refractivity contribution is 5.99. The van der Waals surface area contributed by atoms with Crippen molar-refractivity contribution in [1.82, 2.24) is 10.2 Å². The summed E-state index contributed by atoms with van der Waals surface area (Å²) in [5.41, 5.74) is 0.0753. The van der Waals surface area contributed by atoms with E-state index in [1.165, 1.54) is 24.1 Å². The summed E-state index contributed by atoms with van der Waals surface area (Å²) in [7, 11) is 3.12. The number of aromatic hydroxyl groups is 1. The molecule has 0 aliphatic rings. The standard InChI is InChI=1S/C13H18N2O4/c1-4-15(2)12(17)8-14-13(18)10-7-9(19-3)5-6-11(10)16/h5-7,16H,4,8H2,1-3H3,(H,14,18). The number of amides is 2. The highest BCUT2D eigenvalue weighted by Gasteiger charge is 2.14. The Hall–Kier alpha value is -2.24. The van der Waals surface area contributed by atoms with Crippen molar-refractivity contribution in [1.29, 1.82) is 0 Å². The number of nitrogens with one attached hydrogen (secondary N) is 1. The molecule has 1 rings (SSSR count). The zero-order valence-electron chi connectivity index (χ0n) is 11.3. The third-order valence-electron chi connectivity index (χ3n) is 2.75. The van der Waals surface area contributed by atoms with Gasteiger partial charge in [0.15, 0.2) is 0 Å². The van der Waals surface area contributed by atoms with Gasteiger partial charge in [0.2, 0.25) is 5.91 Å². The second-order valence-corrected chi connectivity index (χ2v) is 3.97. The summed E-state index contributed by atoms with van der Waals surface area (Å²) in [6.07, 6.45) is 0. The molecule has 0 saturated heterocycles. The summed E-state index contributed by atoms with van der Waals surface area (Å²) >= 11 is 0. The van der Waals surface area contributed by atoms with E-state index in [-0.39, 0.29) is 23.8 Å². The summed E-state index contributed by atoms with van der Waals surface area (Å²) < 4.78 is 4.97. The Morgan fingerprint density at radius 2 is 2.11 bits per heavy atom. The summed E-state index contributed by atoms with van der Waals surface area (Å²) in [5, 5.41) is 12.1. The fourth-order valence-corrected chi connectivity index (χ4v) is 1.39. The van der Waals surface area contributed by atoms with Gasteiger partial charge in [-0.25, -0.2) is 0 Å². The first-order chi connectivity index (χ1) is 8.99. The van der Waals surface area contributed by atoms with E-state index in [1.54, 1.807) is 13.1 Å². The average Bonchev–Trinajstić information content (AvgIpc) is 2.43. The van der Waals surface area contributed by atoms with E-state index in [0.29, 0.717) is 12.3 Å². The molecule has 6 heteroatoms. The molecule has 0 fully saturated rings. The van der Waals surface area contributed by atoms with Gasteiger partial charge < -0.3 is 20.1 Å². The van der Waals surface area contributed by atoms with Gasteiger partial charge in [0, 0.05) is 13.6 Å². The molecule has 104 valence electrons. The van der Waals surface area contributed by atoms with Crippen LogP contribution in [0.5, 0.6) is 11.5 Å². The summed E-state index contributed by atoms with van der Waals surface area (Å²) in [5.74, 6) is -0.415. The van der Waals surface area contributed by atoms with Crippen LogP contribution >= 0.6 is 0 Å². The minimum absolute atomic E-state index is 0.0753. The number of benzene rings is 1. The van der Waals surface area contributed by atoms with Crippen molar-refractivity contribution in [3.05, 3.63) is 23.8 Å². The molecule has 0 spiro atoms. The largest absolute Gasteiger partial charge is 0.507 e. The van der Waals surface area contributed by atoms with Crippen molar-refractivity contribution < 1.29 is 19.4 Å². The Morgan fingerprint density at radius 1 is 1.42 bits per heavy atom. The molecule has 0 bridgehead atoms. The predicted molar refractivity (Wildman–Crippen MR) is 70.3 cm³/mol. The van der Waals surface area contributed by atoms with Crippen molar-refractivity contribution in [2.75, 3.05) is 27.2 Å². The minimum Gasteiger partial charge on any atom is -0.507 e. The maximum Gasteiger partial charge on any atom is 0.255 e. The highest BCUT2D eigenvalue weighted by atomic mass is 16.5. The Bertz CT molecular complexity index is 474. The molecule has 0 aliphatic heterocycles. The van der Waals surface area contributed by atoms with Crippen LogP contribution in [-0.4, -0.2) is 49.1 Å². The lowest BCUT2D eigenvalue weighted by atomic mass is 10.1. The molecule has 0 unspecified atom stereocenters. The summed E-state index contributed by atoms with van der Waals surface area (Å²) in [6.45, 7) is 2.30. The monoisotopic (exact) mass is 266 g/mol. The van der Waals surface area contributed by atoms with Gasteiger partial charge in [-0.1, -0.05) is 0 Å². The van der Waals surface area contributed by atoms with Crippen LogP contribution in [0.1, 0.15) is 17.3 Å². The lowest BCUT2D eigenvalue weighted by Crippen LogP contribution is -2.38. The number of carbonyl (C=O) groups is 2. The Morgan fingerprint density at radius 3 is 2.68 bits per heavy atom. The van der Waals surface area contributed by atoms with Gasteiger partial charge in [0.05, 0.1) is 19.2 Å². The highest BCUT2D eigenvalue weighted by Crippen LogP contribution is 2.22. The van der Waals surface area contributed by atoms with E-state index < -0.39 is 5.91 Å². The molecule has 19 heavy (non-hydrogen) atoms. The van der Waals surface area contributed by atoms with Crippen LogP contribution in [0.3, 0.4) is 0 Å². The van der Waals surface area contributed by atoms with Crippen LogP contribution in [0.25, 0.3) is 0 Å². The number of methoxy groups -OCH3 is 1. The van der Waals surface area contributed by atoms with Crippen molar-refractivity contribution in [3.8, 4) is 11.5 Å². The van der Waals surface area contributed by atoms with Crippen molar-refractivity contribution in [2.45, 2.75) is 6.92 Å². The first-order valence-corrected chi connectivity index (χ1v) is 5.88. The SMILES string of the molecule is CCN(C)C(=O)CNC(=O)c1cc(OC)ccc1O. The molecule has 0 aromatic heterocycles. The number of phenolic OH excluding ortho intramolecular Hbond substituents is 1. The Balaban J connectivity index is 2.71. The fraction of sp³-hybridized carbons (Fsp3) is 0.385. The molecule has 0 atom stereocenters. The van der Waals surface area contributed by atoms with E-state index >= 15 is 0 Å². The second kappa shape index (κ2) is 6.63. The third-order valence-corrected chi connectivity index (χ3v) is 2.75. The van der Waals surface area contributed by atoms with Crippen LogP contribution in [0.2, 0.25) is 0 Å². The van der Waals surface area contributed by atoms with Crippen molar-refractivity contribution in [2.24, 2.45) is 0 Å². The summed E-state index contributed by atoms with van der Waals surface area (Å²) in [4.78, 5) is 24.9. The number of carbonyl (C=O) groups excluding carboxylic acids is 2.